The van der Waals surface area contributed by atoms with Crippen LogP contribution in [0.2, 0.25) is 0 Å². The summed E-state index contributed by atoms with van der Waals surface area (Å²) in [4.78, 5) is 2.32. The normalized spacial score (nSPS) is 13.5. The van der Waals surface area contributed by atoms with Crippen LogP contribution in [0.25, 0.3) is 0 Å². The quantitative estimate of drug-likeness (QED) is 0.439. The summed E-state index contributed by atoms with van der Waals surface area (Å²) >= 11 is 5.68. The Balaban J connectivity index is 3.29. The molecule has 0 bridgehead atoms. The number of rotatable bonds is 9. The van der Waals surface area contributed by atoms with E-state index in [1.165, 1.54) is 6.42 Å². The molecule has 14 heavy (non-hydrogen) atoms. The van der Waals surface area contributed by atoms with Crippen LogP contribution in [0.1, 0.15) is 26.7 Å². The van der Waals surface area contributed by atoms with Gasteiger partial charge in [0.25, 0.3) is 0 Å². The van der Waals surface area contributed by atoms with Crippen molar-refractivity contribution in [3.8, 4) is 0 Å². The van der Waals surface area contributed by atoms with E-state index in [0.717, 1.165) is 44.5 Å². The molecule has 0 saturated heterocycles. The SMILES string of the molecule is CCOCCN(C)CCC(C)CCCl. The highest BCUT2D eigenvalue weighted by molar-refractivity contribution is 6.17. The van der Waals surface area contributed by atoms with Gasteiger partial charge < -0.3 is 9.64 Å². The molecule has 0 saturated carbocycles. The van der Waals surface area contributed by atoms with Gasteiger partial charge in [0, 0.05) is 19.0 Å². The van der Waals surface area contributed by atoms with Crippen molar-refractivity contribution >= 4 is 11.6 Å². The number of likely N-dealkylation sites (N-methyl/N-ethyl adjacent to an activating group) is 1. The van der Waals surface area contributed by atoms with Crippen molar-refractivity contribution in [2.24, 2.45) is 5.92 Å². The third-order valence-electron chi connectivity index (χ3n) is 2.43. The van der Waals surface area contributed by atoms with Crippen molar-refractivity contribution in [3.63, 3.8) is 0 Å². The Morgan fingerprint density at radius 1 is 1.29 bits per heavy atom. The first kappa shape index (κ1) is 14.2. The molecule has 2 nitrogen and oxygen atoms in total. The second-order valence-electron chi connectivity index (χ2n) is 3.87. The van der Waals surface area contributed by atoms with E-state index in [1.54, 1.807) is 0 Å². The average Bonchev–Trinajstić information content (AvgIpc) is 2.16. The van der Waals surface area contributed by atoms with Crippen LogP contribution in [0.15, 0.2) is 0 Å². The smallest absolute Gasteiger partial charge is 0.0593 e. The largest absolute Gasteiger partial charge is 0.380 e. The lowest BCUT2D eigenvalue weighted by molar-refractivity contribution is 0.120. The van der Waals surface area contributed by atoms with Gasteiger partial charge in [-0.1, -0.05) is 6.92 Å². The summed E-state index contributed by atoms with van der Waals surface area (Å²) in [5.41, 5.74) is 0. The number of ether oxygens (including phenoxy) is 1. The molecule has 1 atom stereocenters. The molecule has 0 aliphatic heterocycles. The summed E-state index contributed by atoms with van der Waals surface area (Å²) in [6.45, 7) is 8.13. The van der Waals surface area contributed by atoms with E-state index >= 15 is 0 Å². The molecule has 0 aromatic carbocycles. The highest BCUT2D eigenvalue weighted by Gasteiger charge is 2.03. The monoisotopic (exact) mass is 221 g/mol. The van der Waals surface area contributed by atoms with Crippen molar-refractivity contribution in [1.29, 1.82) is 0 Å². The maximum atomic E-state index is 5.68. The molecule has 0 heterocycles. The van der Waals surface area contributed by atoms with E-state index in [0.29, 0.717) is 0 Å². The van der Waals surface area contributed by atoms with E-state index in [1.807, 2.05) is 6.92 Å². The Morgan fingerprint density at radius 2 is 2.00 bits per heavy atom. The fourth-order valence-electron chi connectivity index (χ4n) is 1.25. The van der Waals surface area contributed by atoms with Gasteiger partial charge >= 0.3 is 0 Å². The standard InChI is InChI=1S/C11H24ClNO/c1-4-14-10-9-13(3)8-6-11(2)5-7-12/h11H,4-10H2,1-3H3. The number of hydrogen-bond donors (Lipinski definition) is 0. The first-order valence-electron chi connectivity index (χ1n) is 5.53. The molecule has 0 fully saturated rings. The van der Waals surface area contributed by atoms with Crippen molar-refractivity contribution in [1.82, 2.24) is 4.90 Å². The van der Waals surface area contributed by atoms with Gasteiger partial charge in [0.15, 0.2) is 0 Å². The van der Waals surface area contributed by atoms with Crippen LogP contribution in [0.4, 0.5) is 0 Å². The fraction of sp³-hybridized carbons (Fsp3) is 1.00. The molecular formula is C11H24ClNO. The summed E-state index contributed by atoms with van der Waals surface area (Å²) in [7, 11) is 2.15. The number of nitrogens with zero attached hydrogens (tertiary/aromatic N) is 1. The van der Waals surface area contributed by atoms with Gasteiger partial charge in [0.1, 0.15) is 0 Å². The van der Waals surface area contributed by atoms with Crippen LogP contribution >= 0.6 is 11.6 Å². The van der Waals surface area contributed by atoms with Crippen LogP contribution in [0, 0.1) is 5.92 Å². The zero-order chi connectivity index (χ0) is 10.8. The van der Waals surface area contributed by atoms with Gasteiger partial charge in [-0.2, -0.15) is 0 Å². The molecule has 0 N–H and O–H groups in total. The summed E-state index contributed by atoms with van der Waals surface area (Å²) in [6.07, 6.45) is 2.36. The maximum Gasteiger partial charge on any atom is 0.0593 e. The predicted octanol–water partition coefficient (Wildman–Crippen LogP) is 2.61. The Labute approximate surface area is 93.6 Å². The minimum absolute atomic E-state index is 0.738. The molecule has 0 amide bonds. The van der Waals surface area contributed by atoms with Gasteiger partial charge in [-0.25, -0.2) is 0 Å². The minimum Gasteiger partial charge on any atom is -0.380 e. The lowest BCUT2D eigenvalue weighted by Gasteiger charge is -2.18. The number of hydrogen-bond acceptors (Lipinski definition) is 2. The molecule has 1 unspecified atom stereocenters. The van der Waals surface area contributed by atoms with Gasteiger partial charge in [0.05, 0.1) is 6.61 Å². The number of halogens is 1. The minimum atomic E-state index is 0.738. The van der Waals surface area contributed by atoms with Gasteiger partial charge in [-0.05, 0) is 39.3 Å². The molecule has 0 radical (unpaired) electrons. The van der Waals surface area contributed by atoms with Crippen molar-refractivity contribution in [2.45, 2.75) is 26.7 Å². The fourth-order valence-corrected chi connectivity index (χ4v) is 1.62. The van der Waals surface area contributed by atoms with Crippen LogP contribution in [0.3, 0.4) is 0 Å². The van der Waals surface area contributed by atoms with Crippen LogP contribution in [-0.2, 0) is 4.74 Å². The first-order chi connectivity index (χ1) is 6.70. The highest BCUT2D eigenvalue weighted by Crippen LogP contribution is 2.08. The third kappa shape index (κ3) is 8.79. The van der Waals surface area contributed by atoms with E-state index in [4.69, 9.17) is 16.3 Å². The summed E-state index contributed by atoms with van der Waals surface area (Å²) in [5.74, 6) is 1.52. The first-order valence-corrected chi connectivity index (χ1v) is 6.06. The van der Waals surface area contributed by atoms with Crippen LogP contribution < -0.4 is 0 Å². The lowest BCUT2D eigenvalue weighted by atomic mass is 10.1. The molecule has 0 aliphatic carbocycles. The van der Waals surface area contributed by atoms with Gasteiger partial charge in [0.2, 0.25) is 0 Å². The van der Waals surface area contributed by atoms with E-state index in [2.05, 4.69) is 18.9 Å². The van der Waals surface area contributed by atoms with Crippen molar-refractivity contribution < 1.29 is 4.74 Å². The Bertz CT molecular complexity index is 122. The zero-order valence-electron chi connectivity index (χ0n) is 9.76. The Hall–Kier alpha value is 0.210. The summed E-state index contributed by atoms with van der Waals surface area (Å²) < 4.78 is 5.30. The Morgan fingerprint density at radius 3 is 2.57 bits per heavy atom. The second-order valence-corrected chi connectivity index (χ2v) is 4.25. The molecule has 0 aromatic heterocycles. The number of alkyl halides is 1. The average molecular weight is 222 g/mol. The zero-order valence-corrected chi connectivity index (χ0v) is 10.5. The van der Waals surface area contributed by atoms with Crippen molar-refractivity contribution in [3.05, 3.63) is 0 Å². The summed E-state index contributed by atoms with van der Waals surface area (Å²) in [6, 6.07) is 0. The third-order valence-corrected chi connectivity index (χ3v) is 2.65. The van der Waals surface area contributed by atoms with Gasteiger partial charge in [-0.15, -0.1) is 11.6 Å². The van der Waals surface area contributed by atoms with E-state index in [-0.39, 0.29) is 0 Å². The molecule has 0 aromatic rings. The Kier molecular flexibility index (Phi) is 9.90. The second kappa shape index (κ2) is 9.75. The molecular weight excluding hydrogens is 198 g/mol. The maximum absolute atomic E-state index is 5.68. The van der Waals surface area contributed by atoms with E-state index in [9.17, 15) is 0 Å². The lowest BCUT2D eigenvalue weighted by Crippen LogP contribution is -2.25. The van der Waals surface area contributed by atoms with Crippen LogP contribution in [-0.4, -0.2) is 44.1 Å². The summed E-state index contributed by atoms with van der Waals surface area (Å²) in [5, 5.41) is 0. The highest BCUT2D eigenvalue weighted by atomic mass is 35.5. The van der Waals surface area contributed by atoms with Gasteiger partial charge in [-0.3, -0.25) is 0 Å². The van der Waals surface area contributed by atoms with E-state index < -0.39 is 0 Å². The van der Waals surface area contributed by atoms with Crippen LogP contribution in [0.5, 0.6) is 0 Å². The predicted molar refractivity (Wildman–Crippen MR) is 63.1 cm³/mol. The molecule has 0 aliphatic rings. The van der Waals surface area contributed by atoms with Crippen molar-refractivity contribution in [2.75, 3.05) is 39.2 Å². The molecule has 0 rings (SSSR count). The molecule has 3 heteroatoms. The molecule has 0 spiro atoms. The molecule has 86 valence electrons. The topological polar surface area (TPSA) is 12.5 Å².